The number of allylic oxidation sites excluding steroid dienone is 1. The van der Waals surface area contributed by atoms with Gasteiger partial charge in [0, 0.05) is 12.6 Å². The van der Waals surface area contributed by atoms with Crippen molar-refractivity contribution in [1.82, 2.24) is 4.90 Å². The third-order valence-electron chi connectivity index (χ3n) is 5.43. The molecule has 2 aromatic carbocycles. The fraction of sp³-hybridized carbons (Fsp3) is 0.375. The summed E-state index contributed by atoms with van der Waals surface area (Å²) < 4.78 is 22.3. The van der Waals surface area contributed by atoms with Crippen LogP contribution < -0.4 is 18.9 Å². The average molecular weight is 409 g/mol. The zero-order valence-electron chi connectivity index (χ0n) is 17.5. The molecule has 4 rings (SSSR count). The largest absolute Gasteiger partial charge is 0.493 e. The summed E-state index contributed by atoms with van der Waals surface area (Å²) >= 11 is 0. The van der Waals surface area contributed by atoms with Gasteiger partial charge in [0.25, 0.3) is 0 Å². The predicted octanol–water partition coefficient (Wildman–Crippen LogP) is 4.18. The Balaban J connectivity index is 1.40. The summed E-state index contributed by atoms with van der Waals surface area (Å²) in [6.07, 6.45) is 5.30. The normalized spacial score (nSPS) is 17.1. The molecule has 0 bridgehead atoms. The number of carbonyl (C=O) groups is 1. The van der Waals surface area contributed by atoms with E-state index in [1.807, 2.05) is 12.1 Å². The molecule has 2 heterocycles. The first-order chi connectivity index (χ1) is 14.7. The number of methoxy groups -OCH3 is 2. The lowest BCUT2D eigenvalue weighted by Gasteiger charge is -2.14. The van der Waals surface area contributed by atoms with Crippen molar-refractivity contribution in [3.05, 3.63) is 53.3 Å². The van der Waals surface area contributed by atoms with Gasteiger partial charge in [-0.1, -0.05) is 6.07 Å². The van der Waals surface area contributed by atoms with Crippen molar-refractivity contribution < 1.29 is 23.7 Å². The third kappa shape index (κ3) is 4.44. The molecule has 1 saturated heterocycles. The van der Waals surface area contributed by atoms with Crippen molar-refractivity contribution in [2.45, 2.75) is 19.3 Å². The molecule has 6 heteroatoms. The molecule has 30 heavy (non-hydrogen) atoms. The maximum atomic E-state index is 12.7. The van der Waals surface area contributed by atoms with Crippen LogP contribution in [0.4, 0.5) is 0 Å². The number of Topliss-reactive ketones (excluding diaryl/α,β-unsaturated/α-hetero) is 1. The Morgan fingerprint density at radius 3 is 2.60 bits per heavy atom. The third-order valence-corrected chi connectivity index (χ3v) is 5.43. The standard InChI is InChI=1S/C24H27NO5/c1-27-20-9-6-17(14-22(20)28-2)15-23-24(26)19-8-7-18(16-21(19)30-23)29-13-5-12-25-10-3-4-11-25/h6-9,14-16H,3-5,10-13H2,1-2H3/b23-15-. The molecular weight excluding hydrogens is 382 g/mol. The van der Waals surface area contributed by atoms with E-state index in [9.17, 15) is 4.79 Å². The molecule has 2 aliphatic rings. The van der Waals surface area contributed by atoms with Gasteiger partial charge in [-0.3, -0.25) is 4.79 Å². The molecule has 0 amide bonds. The Bertz CT molecular complexity index is 947. The first-order valence-electron chi connectivity index (χ1n) is 10.3. The van der Waals surface area contributed by atoms with Crippen molar-refractivity contribution in [3.8, 4) is 23.0 Å². The molecule has 0 radical (unpaired) electrons. The summed E-state index contributed by atoms with van der Waals surface area (Å²) in [5.41, 5.74) is 1.34. The van der Waals surface area contributed by atoms with Crippen LogP contribution in [0.25, 0.3) is 6.08 Å². The first kappa shape index (κ1) is 20.3. The van der Waals surface area contributed by atoms with Gasteiger partial charge >= 0.3 is 0 Å². The minimum Gasteiger partial charge on any atom is -0.493 e. The molecule has 158 valence electrons. The van der Waals surface area contributed by atoms with Gasteiger partial charge < -0.3 is 23.8 Å². The van der Waals surface area contributed by atoms with Crippen LogP contribution in [-0.4, -0.2) is 51.1 Å². The Hall–Kier alpha value is -2.99. The molecular formula is C24H27NO5. The minimum absolute atomic E-state index is 0.139. The van der Waals surface area contributed by atoms with Crippen LogP contribution in [0.2, 0.25) is 0 Å². The quantitative estimate of drug-likeness (QED) is 0.481. The second-order valence-corrected chi connectivity index (χ2v) is 7.46. The number of nitrogens with zero attached hydrogens (tertiary/aromatic N) is 1. The molecule has 2 aliphatic heterocycles. The zero-order chi connectivity index (χ0) is 20.9. The Morgan fingerprint density at radius 2 is 1.83 bits per heavy atom. The molecule has 0 unspecified atom stereocenters. The van der Waals surface area contributed by atoms with E-state index >= 15 is 0 Å². The van der Waals surface area contributed by atoms with Crippen LogP contribution in [0, 0.1) is 0 Å². The van der Waals surface area contributed by atoms with Crippen LogP contribution in [0.5, 0.6) is 23.0 Å². The SMILES string of the molecule is COc1ccc(/C=C2\Oc3cc(OCCCN4CCCC4)ccc3C2=O)cc1OC. The summed E-state index contributed by atoms with van der Waals surface area (Å²) in [4.78, 5) is 15.2. The summed E-state index contributed by atoms with van der Waals surface area (Å²) in [5, 5.41) is 0. The van der Waals surface area contributed by atoms with Crippen LogP contribution in [0.15, 0.2) is 42.2 Å². The number of rotatable bonds is 8. The zero-order valence-corrected chi connectivity index (χ0v) is 17.5. The maximum absolute atomic E-state index is 12.7. The summed E-state index contributed by atoms with van der Waals surface area (Å²) in [7, 11) is 3.16. The van der Waals surface area contributed by atoms with Crippen molar-refractivity contribution in [2.24, 2.45) is 0 Å². The van der Waals surface area contributed by atoms with E-state index in [0.717, 1.165) is 24.3 Å². The van der Waals surface area contributed by atoms with E-state index in [-0.39, 0.29) is 11.5 Å². The van der Waals surface area contributed by atoms with Gasteiger partial charge in [-0.25, -0.2) is 0 Å². The number of fused-ring (bicyclic) bond motifs is 1. The molecule has 1 fully saturated rings. The lowest BCUT2D eigenvalue weighted by molar-refractivity contribution is 0.101. The van der Waals surface area contributed by atoms with E-state index < -0.39 is 0 Å². The number of likely N-dealkylation sites (tertiary alicyclic amines) is 1. The topological polar surface area (TPSA) is 57.2 Å². The van der Waals surface area contributed by atoms with E-state index in [1.54, 1.807) is 44.6 Å². The minimum atomic E-state index is -0.139. The van der Waals surface area contributed by atoms with Crippen LogP contribution >= 0.6 is 0 Å². The van der Waals surface area contributed by atoms with E-state index in [2.05, 4.69) is 4.90 Å². The number of hydrogen-bond acceptors (Lipinski definition) is 6. The molecule has 0 N–H and O–H groups in total. The smallest absolute Gasteiger partial charge is 0.231 e. The second-order valence-electron chi connectivity index (χ2n) is 7.46. The van der Waals surface area contributed by atoms with Crippen molar-refractivity contribution >= 4 is 11.9 Å². The number of ether oxygens (including phenoxy) is 4. The fourth-order valence-corrected chi connectivity index (χ4v) is 3.84. The number of benzene rings is 2. The number of carbonyl (C=O) groups excluding carboxylic acids is 1. The van der Waals surface area contributed by atoms with Crippen LogP contribution in [0.1, 0.15) is 35.2 Å². The van der Waals surface area contributed by atoms with Gasteiger partial charge in [0.1, 0.15) is 11.5 Å². The van der Waals surface area contributed by atoms with Gasteiger partial charge in [-0.2, -0.15) is 0 Å². The Morgan fingerprint density at radius 1 is 1.03 bits per heavy atom. The van der Waals surface area contributed by atoms with Crippen molar-refractivity contribution in [1.29, 1.82) is 0 Å². The van der Waals surface area contributed by atoms with E-state index in [4.69, 9.17) is 18.9 Å². The van der Waals surface area contributed by atoms with Crippen molar-refractivity contribution in [3.63, 3.8) is 0 Å². The maximum Gasteiger partial charge on any atom is 0.231 e. The summed E-state index contributed by atoms with van der Waals surface area (Å²) in [6.45, 7) is 4.11. The summed E-state index contributed by atoms with van der Waals surface area (Å²) in [5.74, 6) is 2.62. The van der Waals surface area contributed by atoms with Gasteiger partial charge in [0.05, 0.1) is 26.4 Å². The molecule has 2 aromatic rings. The van der Waals surface area contributed by atoms with Crippen LogP contribution in [-0.2, 0) is 0 Å². The van der Waals surface area contributed by atoms with E-state index in [1.165, 1.54) is 25.9 Å². The summed E-state index contributed by atoms with van der Waals surface area (Å²) in [6, 6.07) is 10.8. The molecule has 0 spiro atoms. The van der Waals surface area contributed by atoms with Crippen LogP contribution in [0.3, 0.4) is 0 Å². The van der Waals surface area contributed by atoms with E-state index in [0.29, 0.717) is 29.4 Å². The highest BCUT2D eigenvalue weighted by molar-refractivity contribution is 6.14. The lowest BCUT2D eigenvalue weighted by Crippen LogP contribution is -2.21. The fourth-order valence-electron chi connectivity index (χ4n) is 3.84. The average Bonchev–Trinajstić information content (AvgIpc) is 3.39. The molecule has 0 atom stereocenters. The number of ketones is 1. The predicted molar refractivity (Wildman–Crippen MR) is 115 cm³/mol. The Labute approximate surface area is 177 Å². The molecule has 0 aliphatic carbocycles. The molecule has 6 nitrogen and oxygen atoms in total. The van der Waals surface area contributed by atoms with Gasteiger partial charge in [-0.05, 0) is 68.3 Å². The lowest BCUT2D eigenvalue weighted by atomic mass is 10.1. The second kappa shape index (κ2) is 9.22. The van der Waals surface area contributed by atoms with Crippen molar-refractivity contribution in [2.75, 3.05) is 40.5 Å². The highest BCUT2D eigenvalue weighted by atomic mass is 16.5. The Kier molecular flexibility index (Phi) is 6.23. The molecule has 0 aromatic heterocycles. The first-order valence-corrected chi connectivity index (χ1v) is 10.3. The monoisotopic (exact) mass is 409 g/mol. The van der Waals surface area contributed by atoms with Gasteiger partial charge in [0.2, 0.25) is 5.78 Å². The van der Waals surface area contributed by atoms with Gasteiger partial charge in [-0.15, -0.1) is 0 Å². The highest BCUT2D eigenvalue weighted by Gasteiger charge is 2.27. The van der Waals surface area contributed by atoms with Gasteiger partial charge in [0.15, 0.2) is 17.3 Å². The number of hydrogen-bond donors (Lipinski definition) is 0. The molecule has 0 saturated carbocycles. The highest BCUT2D eigenvalue weighted by Crippen LogP contribution is 2.36.